The van der Waals surface area contributed by atoms with E-state index in [4.69, 9.17) is 5.73 Å². The molecule has 0 aromatic carbocycles. The number of hydrogen-bond donors (Lipinski definition) is 3. The van der Waals surface area contributed by atoms with Gasteiger partial charge in [0.25, 0.3) is 11.8 Å². The summed E-state index contributed by atoms with van der Waals surface area (Å²) in [5.74, 6) is -3.11. The van der Waals surface area contributed by atoms with Crippen molar-refractivity contribution in [2.75, 3.05) is 18.0 Å². The Morgan fingerprint density at radius 1 is 1.38 bits per heavy atom. The molecule has 4 N–H and O–H groups in total. The van der Waals surface area contributed by atoms with Gasteiger partial charge in [-0.05, 0) is 18.1 Å². The number of aromatic nitrogens is 2. The number of carboxylic acids is 1. The van der Waals surface area contributed by atoms with Crippen LogP contribution in [0.25, 0.3) is 0 Å². The molecule has 3 aliphatic rings. The van der Waals surface area contributed by atoms with Gasteiger partial charge in [-0.25, -0.2) is 9.55 Å². The van der Waals surface area contributed by atoms with Crippen molar-refractivity contribution in [2.24, 2.45) is 12.2 Å². The minimum Gasteiger partial charge on any atom is -0.543 e. The van der Waals surface area contributed by atoms with Gasteiger partial charge in [-0.2, -0.15) is 0 Å². The van der Waals surface area contributed by atoms with E-state index >= 15 is 0 Å². The highest BCUT2D eigenvalue weighted by Gasteiger charge is 2.53. The molecule has 3 amide bonds. The van der Waals surface area contributed by atoms with Crippen LogP contribution in [0.3, 0.4) is 0 Å². The fourth-order valence-electron chi connectivity index (χ4n) is 4.64. The summed E-state index contributed by atoms with van der Waals surface area (Å²) in [6.07, 6.45) is 3.86. The minimum atomic E-state index is -1.56. The summed E-state index contributed by atoms with van der Waals surface area (Å²) < 4.78 is 1.93. The summed E-state index contributed by atoms with van der Waals surface area (Å²) in [7, 11) is 1.89. The molecule has 2 aromatic heterocycles. The summed E-state index contributed by atoms with van der Waals surface area (Å²) in [4.78, 5) is 57.5. The van der Waals surface area contributed by atoms with Crippen LogP contribution in [-0.4, -0.2) is 73.1 Å². The van der Waals surface area contributed by atoms with E-state index in [1.165, 1.54) is 23.2 Å². The molecule has 3 aliphatic heterocycles. The molecule has 0 aliphatic carbocycles. The first-order valence-electron chi connectivity index (χ1n) is 11.8. The second-order valence-corrected chi connectivity index (χ2v) is 11.0. The molecule has 13 nitrogen and oxygen atoms in total. The molecule has 0 bridgehead atoms. The lowest BCUT2D eigenvalue weighted by molar-refractivity contribution is -0.680. The molecule has 0 unspecified atom stereocenters. The van der Waals surface area contributed by atoms with Crippen molar-refractivity contribution in [1.82, 2.24) is 20.1 Å². The zero-order chi connectivity index (χ0) is 27.8. The van der Waals surface area contributed by atoms with Gasteiger partial charge < -0.3 is 31.1 Å². The molecular formula is C24H23N7O6S2. The van der Waals surface area contributed by atoms with Crippen LogP contribution in [0.4, 0.5) is 5.13 Å². The summed E-state index contributed by atoms with van der Waals surface area (Å²) >= 11 is 2.28. The number of rotatable bonds is 7. The van der Waals surface area contributed by atoms with Crippen molar-refractivity contribution in [2.45, 2.75) is 24.4 Å². The number of β-lactam (4-membered cyclic amide) rings is 1. The molecule has 2 atom stereocenters. The number of fused-ring (bicyclic) bond motifs is 1. The number of likely N-dealkylation sites (tertiary alicyclic amines) is 1. The quantitative estimate of drug-likeness (QED) is 0.0890. The number of carbonyl (C=O) groups excluding carboxylic acids is 4. The maximum absolute atomic E-state index is 13.1. The fourth-order valence-corrected chi connectivity index (χ4v) is 6.50. The number of oxime groups is 1. The Bertz CT molecular complexity index is 1480. The molecule has 15 heteroatoms. The fraction of sp³-hybridized carbons (Fsp3) is 0.292. The Balaban J connectivity index is 1.32. The second kappa shape index (κ2) is 10.5. The number of nitrogens with zero attached hydrogens (tertiary/aromatic N) is 5. The van der Waals surface area contributed by atoms with Crippen LogP contribution in [0.1, 0.15) is 17.8 Å². The molecule has 2 fully saturated rings. The highest BCUT2D eigenvalue weighted by Crippen LogP contribution is 2.41. The number of carboxylic acid groups (broad SMARTS) is 1. The number of amides is 3. The lowest BCUT2D eigenvalue weighted by Crippen LogP contribution is -2.71. The zero-order valence-corrected chi connectivity index (χ0v) is 22.2. The Morgan fingerprint density at radius 3 is 2.85 bits per heavy atom. The predicted octanol–water partition coefficient (Wildman–Crippen LogP) is -1.51. The van der Waals surface area contributed by atoms with E-state index in [9.17, 15) is 29.5 Å². The molecule has 0 radical (unpaired) electrons. The van der Waals surface area contributed by atoms with Crippen molar-refractivity contribution in [3.05, 3.63) is 64.1 Å². The van der Waals surface area contributed by atoms with Gasteiger partial charge in [0.2, 0.25) is 11.6 Å². The smallest absolute Gasteiger partial charge is 0.276 e. The normalized spacial score (nSPS) is 22.3. The zero-order valence-electron chi connectivity index (χ0n) is 20.6. The van der Waals surface area contributed by atoms with Gasteiger partial charge in [0, 0.05) is 35.4 Å². The van der Waals surface area contributed by atoms with Gasteiger partial charge in [-0.15, -0.1) is 23.1 Å². The van der Waals surface area contributed by atoms with E-state index in [0.717, 1.165) is 21.9 Å². The Kier molecular flexibility index (Phi) is 7.10. The number of anilines is 1. The van der Waals surface area contributed by atoms with Crippen LogP contribution in [-0.2, 0) is 32.8 Å². The number of pyridine rings is 1. The number of allylic oxidation sites excluding steroid dienone is 1. The molecule has 5 rings (SSSR count). The number of thioether (sulfide) groups is 1. The van der Waals surface area contributed by atoms with Crippen molar-refractivity contribution < 1.29 is 34.1 Å². The largest absolute Gasteiger partial charge is 0.543 e. The Morgan fingerprint density at radius 2 is 2.18 bits per heavy atom. The van der Waals surface area contributed by atoms with Crippen molar-refractivity contribution >= 4 is 57.6 Å². The van der Waals surface area contributed by atoms with Crippen molar-refractivity contribution in [1.29, 1.82) is 0 Å². The second-order valence-electron chi connectivity index (χ2n) is 8.99. The number of nitrogens with one attached hydrogen (secondary N) is 1. The average Bonchev–Trinajstić information content (AvgIpc) is 3.49. The van der Waals surface area contributed by atoms with Gasteiger partial charge >= 0.3 is 0 Å². The van der Waals surface area contributed by atoms with Crippen molar-refractivity contribution in [3.63, 3.8) is 0 Å². The first-order chi connectivity index (χ1) is 18.7. The van der Waals surface area contributed by atoms with Gasteiger partial charge in [-0.1, -0.05) is 11.2 Å². The highest BCUT2D eigenvalue weighted by molar-refractivity contribution is 8.00. The van der Waals surface area contributed by atoms with Crippen LogP contribution < -0.4 is 20.7 Å². The van der Waals surface area contributed by atoms with Gasteiger partial charge in [0.1, 0.15) is 30.7 Å². The first kappa shape index (κ1) is 26.4. The number of nitrogens with two attached hydrogens (primary N) is 1. The van der Waals surface area contributed by atoms with Crippen LogP contribution in [0.15, 0.2) is 57.9 Å². The average molecular weight is 570 g/mol. The Hall–Kier alpha value is -4.24. The third kappa shape index (κ3) is 4.85. The van der Waals surface area contributed by atoms with E-state index in [0.29, 0.717) is 30.7 Å². The molecule has 39 heavy (non-hydrogen) atoms. The third-order valence-corrected chi connectivity index (χ3v) is 8.61. The van der Waals surface area contributed by atoms with E-state index in [1.54, 1.807) is 4.90 Å². The minimum absolute atomic E-state index is 0.0398. The summed E-state index contributed by atoms with van der Waals surface area (Å²) in [6, 6.07) is 4.65. The number of aliphatic carboxylic acids is 1. The van der Waals surface area contributed by atoms with E-state index < -0.39 is 34.9 Å². The van der Waals surface area contributed by atoms with Gasteiger partial charge in [-0.3, -0.25) is 19.3 Å². The monoisotopic (exact) mass is 569 g/mol. The van der Waals surface area contributed by atoms with E-state index in [1.807, 2.05) is 36.0 Å². The highest BCUT2D eigenvalue weighted by atomic mass is 32.2. The van der Waals surface area contributed by atoms with Crippen LogP contribution >= 0.6 is 23.1 Å². The van der Waals surface area contributed by atoms with Crippen LogP contribution in [0.2, 0.25) is 0 Å². The molecule has 2 aromatic rings. The lowest BCUT2D eigenvalue weighted by atomic mass is 10.0. The standard InChI is InChI=1S/C24H23N7O6S2/c1-29-6-3-2-4-14(29)9-30-7-5-12(20(30)33)8-13-10-38-22-17(21(34)31(22)18(13)23(35)36)27-19(32)16(28-37)15-11-39-24(25)26-15/h2-4,6,8,11,17,22H,5,7,9-10H2,1H3,(H4-,25,26,27,32,35,36,37)/t17-,22-/m1/s1. The van der Waals surface area contributed by atoms with Crippen LogP contribution in [0, 0.1) is 0 Å². The first-order valence-corrected chi connectivity index (χ1v) is 13.7. The number of aryl methyl sites for hydroxylation is 1. The molecule has 0 spiro atoms. The topological polar surface area (TPSA) is 185 Å². The lowest BCUT2D eigenvalue weighted by Gasteiger charge is -2.50. The Labute approximate surface area is 230 Å². The number of thiazole rings is 1. The van der Waals surface area contributed by atoms with E-state index in [2.05, 4.69) is 15.5 Å². The number of nitrogen functional groups attached to an aromatic ring is 1. The van der Waals surface area contributed by atoms with Gasteiger partial charge in [0.05, 0.1) is 11.7 Å². The van der Waals surface area contributed by atoms with Crippen LogP contribution in [0.5, 0.6) is 0 Å². The molecule has 5 heterocycles. The molecule has 2 saturated heterocycles. The maximum atomic E-state index is 13.1. The number of carbonyl (C=O) groups is 4. The summed E-state index contributed by atoms with van der Waals surface area (Å²) in [5.41, 5.74) is 6.55. The SMILES string of the molecule is C[n+]1ccccc1CN1CCC(=CC2=C(C(=O)[O-])N3C(=O)[C@@H](NC(=O)/C(=N\O)c4csc(N)n4)[C@H]3SC2)C1=O. The molecule has 202 valence electrons. The summed E-state index contributed by atoms with van der Waals surface area (Å²) in [5, 5.41) is 27.7. The van der Waals surface area contributed by atoms with E-state index in [-0.39, 0.29) is 28.2 Å². The maximum Gasteiger partial charge on any atom is 0.276 e. The van der Waals surface area contributed by atoms with Gasteiger partial charge in [0.15, 0.2) is 17.0 Å². The third-order valence-electron chi connectivity index (χ3n) is 6.63. The van der Waals surface area contributed by atoms with Crippen molar-refractivity contribution in [3.8, 4) is 0 Å². The predicted molar refractivity (Wildman–Crippen MR) is 138 cm³/mol. The summed E-state index contributed by atoms with van der Waals surface area (Å²) in [6.45, 7) is 0.898. The molecular weight excluding hydrogens is 546 g/mol. The molecule has 0 saturated carbocycles. The number of hydrogen-bond acceptors (Lipinski definition) is 11.